The fourth-order valence-electron chi connectivity index (χ4n) is 4.61. The molecule has 0 aliphatic heterocycles. The van der Waals surface area contributed by atoms with Crippen LogP contribution in [0.25, 0.3) is 55.4 Å². The van der Waals surface area contributed by atoms with Gasteiger partial charge in [0.25, 0.3) is 0 Å². The topological polar surface area (TPSA) is 38.9 Å². The summed E-state index contributed by atoms with van der Waals surface area (Å²) < 4.78 is 7.50. The van der Waals surface area contributed by atoms with E-state index in [9.17, 15) is 0 Å². The molecule has 0 unspecified atom stereocenters. The van der Waals surface area contributed by atoms with E-state index in [0.29, 0.717) is 5.71 Å². The molecule has 0 spiro atoms. The number of nitrogens with zero attached hydrogens (tertiary/aromatic N) is 2. The molecule has 0 bridgehead atoms. The van der Waals surface area contributed by atoms with Gasteiger partial charge in [-0.25, -0.2) is 0 Å². The quantitative estimate of drug-likeness (QED) is 0.232. The Bertz CT molecular complexity index is 1690. The van der Waals surface area contributed by atoms with Crippen LogP contribution in [0.1, 0.15) is 5.69 Å². The predicted molar refractivity (Wildman–Crippen MR) is 145 cm³/mol. The van der Waals surface area contributed by atoms with Crippen LogP contribution in [-0.4, -0.2) is 23.2 Å². The van der Waals surface area contributed by atoms with Gasteiger partial charge in [-0.1, -0.05) is 0 Å². The molecule has 166 valence electrons. The first kappa shape index (κ1) is 21.1. The van der Waals surface area contributed by atoms with E-state index in [1.54, 1.807) is 0 Å². The normalized spacial score (nSPS) is 12.1. The molecule has 0 atom stereocenters. The van der Waals surface area contributed by atoms with Gasteiger partial charge in [0.15, 0.2) is 0 Å². The first-order valence-corrected chi connectivity index (χ1v) is 19.0. The second-order valence-corrected chi connectivity index (χ2v) is 20.7. The molecule has 0 aliphatic rings. The van der Waals surface area contributed by atoms with Crippen molar-refractivity contribution in [1.29, 1.82) is 0 Å². The fourth-order valence-corrected chi connectivity index (χ4v) is 7.04. The Labute approximate surface area is 201 Å². The molecule has 0 amide bonds. The third kappa shape index (κ3) is 3.61. The Morgan fingerprint density at radius 1 is 0.676 bits per heavy atom. The summed E-state index contributed by atoms with van der Waals surface area (Å²) in [5, 5.41) is 3.33. The SMILES string of the molecule is Cc1ccc2c(n1)oc1ccc(-c3cc(-c4ccccc4)c4c[c]([Ge]([CH3])([CH3])[CH3])ccc4n3)cc12. The van der Waals surface area contributed by atoms with Gasteiger partial charge in [-0.15, -0.1) is 0 Å². The number of hydrogen-bond donors (Lipinski definition) is 0. The fraction of sp³-hybridized carbons (Fsp3) is 0.133. The van der Waals surface area contributed by atoms with Gasteiger partial charge >= 0.3 is 190 Å². The van der Waals surface area contributed by atoms with Crippen molar-refractivity contribution in [2.45, 2.75) is 24.2 Å². The van der Waals surface area contributed by atoms with E-state index in [4.69, 9.17) is 9.40 Å². The minimum absolute atomic E-state index is 0.684. The monoisotopic (exact) mass is 504 g/mol. The molecule has 6 aromatic rings. The Kier molecular flexibility index (Phi) is 4.85. The Hall–Kier alpha value is -3.44. The molecule has 3 nitrogen and oxygen atoms in total. The molecule has 34 heavy (non-hydrogen) atoms. The Balaban J connectivity index is 1.60. The van der Waals surface area contributed by atoms with Crippen molar-refractivity contribution in [2.24, 2.45) is 0 Å². The van der Waals surface area contributed by atoms with E-state index < -0.39 is 13.3 Å². The summed E-state index contributed by atoms with van der Waals surface area (Å²) in [6, 6.07) is 30.2. The van der Waals surface area contributed by atoms with Crippen molar-refractivity contribution in [3.8, 4) is 22.4 Å². The molecule has 0 N–H and O–H groups in total. The van der Waals surface area contributed by atoms with Crippen LogP contribution in [0.5, 0.6) is 0 Å². The van der Waals surface area contributed by atoms with E-state index in [0.717, 1.165) is 38.8 Å². The van der Waals surface area contributed by atoms with Crippen LogP contribution >= 0.6 is 0 Å². The summed E-state index contributed by atoms with van der Waals surface area (Å²) in [6.07, 6.45) is 0. The third-order valence-corrected chi connectivity index (χ3v) is 10.8. The number of fused-ring (bicyclic) bond motifs is 4. The number of hydrogen-bond acceptors (Lipinski definition) is 3. The van der Waals surface area contributed by atoms with E-state index in [-0.39, 0.29) is 0 Å². The average molecular weight is 503 g/mol. The molecule has 4 heteroatoms. The number of pyridine rings is 2. The van der Waals surface area contributed by atoms with Gasteiger partial charge in [0.2, 0.25) is 0 Å². The van der Waals surface area contributed by atoms with Gasteiger partial charge in [0, 0.05) is 5.69 Å². The van der Waals surface area contributed by atoms with Crippen molar-refractivity contribution < 1.29 is 4.42 Å². The molecule has 0 aliphatic carbocycles. The standard InChI is InChI=1S/C30H26GeN2O/c1-19-10-13-23-26-16-21(11-15-29(26)34-30(23)32-19)28-18-24(20-8-6-5-7-9-20)25-17-22(31(2,3)4)12-14-27(25)33-28/h5-18H,1-4H3. The second kappa shape index (κ2) is 7.81. The molecule has 3 aromatic heterocycles. The van der Waals surface area contributed by atoms with Crippen molar-refractivity contribution >= 4 is 50.6 Å². The summed E-state index contributed by atoms with van der Waals surface area (Å²) in [6.45, 7) is 1.98. The van der Waals surface area contributed by atoms with Crippen LogP contribution in [0.4, 0.5) is 0 Å². The molecule has 0 saturated heterocycles. The summed E-state index contributed by atoms with van der Waals surface area (Å²) >= 11 is -1.98. The van der Waals surface area contributed by atoms with E-state index in [1.807, 2.05) is 19.1 Å². The Morgan fingerprint density at radius 3 is 2.29 bits per heavy atom. The number of furan rings is 1. The van der Waals surface area contributed by atoms with Gasteiger partial charge < -0.3 is 0 Å². The molecule has 0 radical (unpaired) electrons. The summed E-state index contributed by atoms with van der Waals surface area (Å²) in [4.78, 5) is 9.67. The van der Waals surface area contributed by atoms with Crippen molar-refractivity contribution in [3.63, 3.8) is 0 Å². The molecule has 0 fully saturated rings. The molecule has 3 aromatic carbocycles. The zero-order valence-electron chi connectivity index (χ0n) is 19.9. The average Bonchev–Trinajstić information content (AvgIpc) is 3.19. The number of rotatable bonds is 3. The summed E-state index contributed by atoms with van der Waals surface area (Å²) in [7, 11) is 0. The zero-order chi connectivity index (χ0) is 23.4. The van der Waals surface area contributed by atoms with Crippen molar-refractivity contribution in [3.05, 3.63) is 90.6 Å². The molecular formula is C30H26GeN2O. The zero-order valence-corrected chi connectivity index (χ0v) is 22.0. The van der Waals surface area contributed by atoms with Gasteiger partial charge in [0.05, 0.1) is 0 Å². The predicted octanol–water partition coefficient (Wildman–Crippen LogP) is 7.72. The van der Waals surface area contributed by atoms with Crippen molar-refractivity contribution in [1.82, 2.24) is 9.97 Å². The van der Waals surface area contributed by atoms with Crippen LogP contribution in [0.2, 0.25) is 17.3 Å². The maximum absolute atomic E-state index is 6.01. The third-order valence-electron chi connectivity index (χ3n) is 6.53. The van der Waals surface area contributed by atoms with E-state index in [2.05, 4.69) is 95.0 Å². The van der Waals surface area contributed by atoms with Crippen LogP contribution in [0, 0.1) is 6.92 Å². The molecule has 6 rings (SSSR count). The second-order valence-electron chi connectivity index (χ2n) is 10.0. The van der Waals surface area contributed by atoms with E-state index >= 15 is 0 Å². The van der Waals surface area contributed by atoms with Crippen LogP contribution in [-0.2, 0) is 0 Å². The van der Waals surface area contributed by atoms with Crippen LogP contribution < -0.4 is 4.40 Å². The molecule has 0 saturated carbocycles. The summed E-state index contributed by atoms with van der Waals surface area (Å²) in [5.74, 6) is 7.31. The van der Waals surface area contributed by atoms with Gasteiger partial charge in [-0.2, -0.15) is 0 Å². The maximum atomic E-state index is 6.01. The minimum atomic E-state index is -1.98. The van der Waals surface area contributed by atoms with E-state index in [1.165, 1.54) is 20.9 Å². The first-order valence-electron chi connectivity index (χ1n) is 11.7. The molecular weight excluding hydrogens is 477 g/mol. The number of aryl methyl sites for hydroxylation is 1. The number of aromatic nitrogens is 2. The number of benzene rings is 3. The van der Waals surface area contributed by atoms with Crippen LogP contribution in [0.15, 0.2) is 89.3 Å². The van der Waals surface area contributed by atoms with Crippen LogP contribution in [0.3, 0.4) is 0 Å². The molecule has 3 heterocycles. The van der Waals surface area contributed by atoms with Gasteiger partial charge in [-0.05, 0) is 6.92 Å². The first-order chi connectivity index (χ1) is 16.4. The van der Waals surface area contributed by atoms with Crippen molar-refractivity contribution in [2.75, 3.05) is 0 Å². The Morgan fingerprint density at radius 2 is 1.50 bits per heavy atom. The van der Waals surface area contributed by atoms with Gasteiger partial charge in [-0.3, -0.25) is 0 Å². The van der Waals surface area contributed by atoms with Gasteiger partial charge in [0.1, 0.15) is 0 Å². The summed E-state index contributed by atoms with van der Waals surface area (Å²) in [5.41, 5.74) is 8.00.